The lowest BCUT2D eigenvalue weighted by Gasteiger charge is -2.26. The number of carbonyl (C=O) groups excluding carboxylic acids is 2. The standard InChI is InChI=1S/C37H50O7/c1-6-7-8-10-27-12-14-28(15-13-27)11-9-24-40-32-22-20-30(21-23-32)29-16-18-31(19-17-29)37-43-33(35(38)41-25(2)3)34(44-37)36(39)42-26(4)5/h9,11,16-23,25-28,33-34,37H,6-8,10,12-15,24H2,1-5H3/b11-9+/t27-,28-,33-,34-/m1/s1. The van der Waals surface area contributed by atoms with Crippen molar-refractivity contribution >= 4 is 11.9 Å². The Balaban J connectivity index is 1.27. The summed E-state index contributed by atoms with van der Waals surface area (Å²) in [6, 6.07) is 15.7. The average Bonchev–Trinajstić information content (AvgIpc) is 3.46. The van der Waals surface area contributed by atoms with Crippen LogP contribution in [-0.2, 0) is 28.5 Å². The summed E-state index contributed by atoms with van der Waals surface area (Å²) in [5.74, 6) is 1.15. The summed E-state index contributed by atoms with van der Waals surface area (Å²) < 4.78 is 28.3. The van der Waals surface area contributed by atoms with Gasteiger partial charge in [0.05, 0.1) is 12.2 Å². The van der Waals surface area contributed by atoms with Gasteiger partial charge in [0.2, 0.25) is 0 Å². The van der Waals surface area contributed by atoms with Gasteiger partial charge in [-0.05, 0) is 88.5 Å². The topological polar surface area (TPSA) is 80.3 Å². The normalized spacial score (nSPS) is 22.5. The third-order valence-electron chi connectivity index (χ3n) is 8.22. The van der Waals surface area contributed by atoms with Crippen LogP contribution < -0.4 is 4.74 Å². The quantitative estimate of drug-likeness (QED) is 0.121. The molecule has 2 aromatic rings. The smallest absolute Gasteiger partial charge is 0.339 e. The van der Waals surface area contributed by atoms with Crippen molar-refractivity contribution in [2.75, 3.05) is 6.61 Å². The minimum atomic E-state index is -1.20. The molecule has 1 saturated heterocycles. The molecule has 0 radical (unpaired) electrons. The van der Waals surface area contributed by atoms with Crippen LogP contribution in [0.25, 0.3) is 11.1 Å². The van der Waals surface area contributed by atoms with E-state index in [9.17, 15) is 9.59 Å². The van der Waals surface area contributed by atoms with Crippen molar-refractivity contribution in [1.29, 1.82) is 0 Å². The molecule has 2 aromatic carbocycles. The first-order valence-corrected chi connectivity index (χ1v) is 16.4. The Labute approximate surface area is 263 Å². The molecular formula is C37H50O7. The molecule has 0 bridgehead atoms. The van der Waals surface area contributed by atoms with E-state index in [1.165, 1.54) is 51.4 Å². The third kappa shape index (κ3) is 9.93. The molecule has 1 heterocycles. The summed E-state index contributed by atoms with van der Waals surface area (Å²) in [4.78, 5) is 25.3. The second-order valence-electron chi connectivity index (χ2n) is 12.6. The minimum Gasteiger partial charge on any atom is -0.490 e. The molecule has 2 aliphatic rings. The van der Waals surface area contributed by atoms with Crippen molar-refractivity contribution in [2.45, 2.75) is 117 Å². The zero-order valence-electron chi connectivity index (χ0n) is 27.0. The van der Waals surface area contributed by atoms with E-state index >= 15 is 0 Å². The van der Waals surface area contributed by atoms with Crippen LogP contribution in [0.5, 0.6) is 5.75 Å². The van der Waals surface area contributed by atoms with E-state index in [0.717, 1.165) is 22.8 Å². The SMILES string of the molecule is CCCCC[C@H]1CC[C@H](/C=C/COc2ccc(-c3ccc(C4O[C@@H](C(=O)OC(C)C)[C@H](C(=O)OC(C)C)O4)cc3)cc2)CC1. The summed E-state index contributed by atoms with van der Waals surface area (Å²) in [6.07, 6.45) is 11.3. The molecule has 0 spiro atoms. The molecule has 44 heavy (non-hydrogen) atoms. The Hall–Kier alpha value is -3.16. The van der Waals surface area contributed by atoms with Crippen molar-refractivity contribution in [3.63, 3.8) is 0 Å². The van der Waals surface area contributed by atoms with Gasteiger partial charge in [-0.15, -0.1) is 0 Å². The Morgan fingerprint density at radius 2 is 1.34 bits per heavy atom. The van der Waals surface area contributed by atoms with E-state index in [2.05, 4.69) is 19.1 Å². The Morgan fingerprint density at radius 3 is 1.86 bits per heavy atom. The Morgan fingerprint density at radius 1 is 0.795 bits per heavy atom. The van der Waals surface area contributed by atoms with E-state index < -0.39 is 30.4 Å². The van der Waals surface area contributed by atoms with Gasteiger partial charge in [0.25, 0.3) is 0 Å². The Kier molecular flexibility index (Phi) is 12.9. The third-order valence-corrected chi connectivity index (χ3v) is 8.22. The number of benzene rings is 2. The number of ether oxygens (including phenoxy) is 5. The highest BCUT2D eigenvalue weighted by Gasteiger charge is 2.48. The lowest BCUT2D eigenvalue weighted by molar-refractivity contribution is -0.167. The second kappa shape index (κ2) is 16.8. The van der Waals surface area contributed by atoms with Gasteiger partial charge in [0, 0.05) is 5.56 Å². The van der Waals surface area contributed by atoms with Crippen LogP contribution in [0.2, 0.25) is 0 Å². The van der Waals surface area contributed by atoms with Crippen LogP contribution >= 0.6 is 0 Å². The van der Waals surface area contributed by atoms with Crippen LogP contribution in [0.15, 0.2) is 60.7 Å². The number of hydrogen-bond acceptors (Lipinski definition) is 7. The van der Waals surface area contributed by atoms with Crippen molar-refractivity contribution in [3.8, 4) is 16.9 Å². The lowest BCUT2D eigenvalue weighted by atomic mass is 9.79. The summed E-state index contributed by atoms with van der Waals surface area (Å²) in [6.45, 7) is 9.80. The van der Waals surface area contributed by atoms with Gasteiger partial charge < -0.3 is 23.7 Å². The van der Waals surface area contributed by atoms with Crippen LogP contribution in [0, 0.1) is 11.8 Å². The van der Waals surface area contributed by atoms with Crippen LogP contribution in [0.1, 0.15) is 97.8 Å². The van der Waals surface area contributed by atoms with E-state index in [0.29, 0.717) is 18.1 Å². The fourth-order valence-electron chi connectivity index (χ4n) is 5.88. The maximum absolute atomic E-state index is 12.7. The van der Waals surface area contributed by atoms with Crippen molar-refractivity contribution in [3.05, 3.63) is 66.2 Å². The molecule has 7 nitrogen and oxygen atoms in total. The zero-order valence-corrected chi connectivity index (χ0v) is 27.0. The number of unbranched alkanes of at least 4 members (excludes halogenated alkanes) is 2. The largest absolute Gasteiger partial charge is 0.490 e. The average molecular weight is 607 g/mol. The number of carbonyl (C=O) groups is 2. The fourth-order valence-corrected chi connectivity index (χ4v) is 5.88. The van der Waals surface area contributed by atoms with Gasteiger partial charge >= 0.3 is 11.9 Å². The first-order valence-electron chi connectivity index (χ1n) is 16.4. The monoisotopic (exact) mass is 606 g/mol. The van der Waals surface area contributed by atoms with Crippen molar-refractivity contribution < 1.29 is 33.3 Å². The summed E-state index contributed by atoms with van der Waals surface area (Å²) >= 11 is 0. The number of hydrogen-bond donors (Lipinski definition) is 0. The molecule has 0 aromatic heterocycles. The van der Waals surface area contributed by atoms with Gasteiger partial charge in [-0.1, -0.05) is 81.2 Å². The highest BCUT2D eigenvalue weighted by Crippen LogP contribution is 2.35. The van der Waals surface area contributed by atoms with Crippen molar-refractivity contribution in [2.24, 2.45) is 11.8 Å². The molecule has 2 atom stereocenters. The van der Waals surface area contributed by atoms with Gasteiger partial charge in [-0.25, -0.2) is 9.59 Å². The summed E-state index contributed by atoms with van der Waals surface area (Å²) in [5, 5.41) is 0. The highest BCUT2D eigenvalue weighted by atomic mass is 16.8. The molecule has 0 amide bonds. The predicted octanol–water partition coefficient (Wildman–Crippen LogP) is 8.36. The first kappa shape index (κ1) is 33.7. The predicted molar refractivity (Wildman–Crippen MR) is 171 cm³/mol. The number of esters is 2. The van der Waals surface area contributed by atoms with E-state index in [1.54, 1.807) is 27.7 Å². The van der Waals surface area contributed by atoms with Crippen LogP contribution in [0.4, 0.5) is 0 Å². The molecule has 4 rings (SSSR count). The van der Waals surface area contributed by atoms with Crippen molar-refractivity contribution in [1.82, 2.24) is 0 Å². The summed E-state index contributed by atoms with van der Waals surface area (Å²) in [7, 11) is 0. The fraction of sp³-hybridized carbons (Fsp3) is 0.568. The molecular weight excluding hydrogens is 556 g/mol. The van der Waals surface area contributed by atoms with E-state index in [4.69, 9.17) is 23.7 Å². The molecule has 7 heteroatoms. The second-order valence-corrected chi connectivity index (χ2v) is 12.6. The molecule has 0 unspecified atom stereocenters. The van der Waals surface area contributed by atoms with E-state index in [1.807, 2.05) is 48.5 Å². The molecule has 1 aliphatic carbocycles. The highest BCUT2D eigenvalue weighted by molar-refractivity contribution is 5.86. The molecule has 0 N–H and O–H groups in total. The van der Waals surface area contributed by atoms with Gasteiger partial charge in [0.1, 0.15) is 12.4 Å². The maximum Gasteiger partial charge on any atom is 0.339 e. The van der Waals surface area contributed by atoms with Gasteiger partial charge in [0.15, 0.2) is 18.5 Å². The molecule has 1 aliphatic heterocycles. The summed E-state index contributed by atoms with van der Waals surface area (Å²) in [5.41, 5.74) is 2.74. The number of rotatable bonds is 14. The lowest BCUT2D eigenvalue weighted by Crippen LogP contribution is -2.40. The van der Waals surface area contributed by atoms with Crippen LogP contribution in [0.3, 0.4) is 0 Å². The molecule has 240 valence electrons. The minimum absolute atomic E-state index is 0.353. The van der Waals surface area contributed by atoms with Crippen LogP contribution in [-0.4, -0.2) is 43.0 Å². The zero-order chi connectivity index (χ0) is 31.5. The first-order chi connectivity index (χ1) is 21.2. The Bertz CT molecular complexity index is 1160. The van der Waals surface area contributed by atoms with Gasteiger partial charge in [-0.2, -0.15) is 0 Å². The van der Waals surface area contributed by atoms with Gasteiger partial charge in [-0.3, -0.25) is 0 Å². The van der Waals surface area contributed by atoms with E-state index in [-0.39, 0.29) is 12.2 Å². The molecule has 2 fully saturated rings. The molecule has 1 saturated carbocycles. The maximum atomic E-state index is 12.7. The number of allylic oxidation sites excluding steroid dienone is 1.